The number of carbonyl (C=O) groups excluding carboxylic acids is 1. The summed E-state index contributed by atoms with van der Waals surface area (Å²) in [7, 11) is 1.85. The molecule has 0 fully saturated rings. The maximum Gasteiger partial charge on any atom is 0.258 e. The molecule has 0 saturated heterocycles. The van der Waals surface area contributed by atoms with E-state index in [-0.39, 0.29) is 53.9 Å². The first-order chi connectivity index (χ1) is 15.7. The molecule has 192 valence electrons. The third-order valence-electron chi connectivity index (χ3n) is 6.24. The van der Waals surface area contributed by atoms with Crippen molar-refractivity contribution in [1.82, 2.24) is 0 Å². The number of aryl methyl sites for hydroxylation is 2. The molecule has 0 N–H and O–H groups in total. The molecule has 34 heavy (non-hydrogen) atoms. The van der Waals surface area contributed by atoms with Gasteiger partial charge in [0.1, 0.15) is 13.1 Å². The SMILES string of the molecule is CCCCCCCC[n+]1ccc(C(=O)N(C)c2cc[n+](CCCCCCCC)cc2)cc1.[I-].[I-]. The first-order valence-electron chi connectivity index (χ1n) is 12.9. The van der Waals surface area contributed by atoms with Gasteiger partial charge in [-0.05, 0) is 12.8 Å². The van der Waals surface area contributed by atoms with Gasteiger partial charge in [0, 0.05) is 44.2 Å². The summed E-state index contributed by atoms with van der Waals surface area (Å²) in [6, 6.07) is 7.96. The number of rotatable bonds is 16. The zero-order valence-corrected chi connectivity index (χ0v) is 25.8. The zero-order chi connectivity index (χ0) is 23.0. The number of hydrogen-bond donors (Lipinski definition) is 0. The number of amides is 1. The lowest BCUT2D eigenvalue weighted by Crippen LogP contribution is -3.00. The van der Waals surface area contributed by atoms with Crippen LogP contribution in [0.3, 0.4) is 0 Å². The highest BCUT2D eigenvalue weighted by Crippen LogP contribution is 2.13. The van der Waals surface area contributed by atoms with E-state index in [1.54, 1.807) is 4.90 Å². The molecule has 6 heteroatoms. The number of nitrogens with zero attached hydrogens (tertiary/aromatic N) is 3. The molecule has 2 heterocycles. The predicted molar refractivity (Wildman–Crippen MR) is 133 cm³/mol. The maximum absolute atomic E-state index is 12.9. The molecule has 0 spiro atoms. The van der Waals surface area contributed by atoms with Gasteiger partial charge in [-0.1, -0.05) is 65.2 Å². The van der Waals surface area contributed by atoms with Gasteiger partial charge in [-0.2, -0.15) is 0 Å². The Morgan fingerprint density at radius 2 is 1.03 bits per heavy atom. The molecule has 0 saturated carbocycles. The van der Waals surface area contributed by atoms with Gasteiger partial charge in [0.15, 0.2) is 24.8 Å². The molecule has 0 atom stereocenters. The molecule has 0 unspecified atom stereocenters. The van der Waals surface area contributed by atoms with Crippen LogP contribution in [-0.2, 0) is 13.1 Å². The van der Waals surface area contributed by atoms with E-state index in [0.29, 0.717) is 0 Å². The Balaban J connectivity index is 0.00000544. The van der Waals surface area contributed by atoms with Gasteiger partial charge >= 0.3 is 0 Å². The molecule has 1 amide bonds. The average molecular weight is 693 g/mol. The molecule has 0 radical (unpaired) electrons. The normalized spacial score (nSPS) is 10.3. The highest BCUT2D eigenvalue weighted by Gasteiger charge is 2.16. The Labute approximate surface area is 242 Å². The van der Waals surface area contributed by atoms with Crippen molar-refractivity contribution >= 4 is 11.6 Å². The van der Waals surface area contributed by atoms with E-state index >= 15 is 0 Å². The van der Waals surface area contributed by atoms with Gasteiger partial charge in [-0.3, -0.25) is 4.79 Å². The van der Waals surface area contributed by atoms with Crippen molar-refractivity contribution in [3.63, 3.8) is 0 Å². The summed E-state index contributed by atoms with van der Waals surface area (Å²) in [5.74, 6) is 0.0328. The molecular weight excluding hydrogens is 648 g/mol. The van der Waals surface area contributed by atoms with Crippen LogP contribution >= 0.6 is 0 Å². The average Bonchev–Trinajstić information content (AvgIpc) is 2.83. The zero-order valence-electron chi connectivity index (χ0n) is 21.5. The summed E-state index contributed by atoms with van der Waals surface area (Å²) < 4.78 is 4.40. The summed E-state index contributed by atoms with van der Waals surface area (Å²) >= 11 is 0. The Morgan fingerprint density at radius 3 is 1.47 bits per heavy atom. The third kappa shape index (κ3) is 12.8. The van der Waals surface area contributed by atoms with Crippen molar-refractivity contribution in [2.75, 3.05) is 11.9 Å². The van der Waals surface area contributed by atoms with Gasteiger partial charge in [0.2, 0.25) is 0 Å². The van der Waals surface area contributed by atoms with E-state index in [9.17, 15) is 4.79 Å². The van der Waals surface area contributed by atoms with Crippen molar-refractivity contribution in [2.45, 2.75) is 104 Å². The van der Waals surface area contributed by atoms with Gasteiger partial charge in [0.25, 0.3) is 5.91 Å². The van der Waals surface area contributed by atoms with Crippen LogP contribution in [0.5, 0.6) is 0 Å². The highest BCUT2D eigenvalue weighted by molar-refractivity contribution is 6.05. The Hall–Kier alpha value is -0.770. The van der Waals surface area contributed by atoms with Crippen molar-refractivity contribution < 1.29 is 61.9 Å². The number of hydrogen-bond acceptors (Lipinski definition) is 1. The van der Waals surface area contributed by atoms with E-state index in [2.05, 4.69) is 35.4 Å². The fraction of sp³-hybridized carbons (Fsp3) is 0.607. The van der Waals surface area contributed by atoms with Crippen LogP contribution in [-0.4, -0.2) is 13.0 Å². The summed E-state index contributed by atoms with van der Waals surface area (Å²) in [5, 5.41) is 0. The molecule has 0 aromatic carbocycles. The van der Waals surface area contributed by atoms with Crippen LogP contribution in [0.1, 0.15) is 101 Å². The van der Waals surface area contributed by atoms with E-state index in [1.165, 1.54) is 77.0 Å². The van der Waals surface area contributed by atoms with E-state index in [0.717, 1.165) is 24.3 Å². The van der Waals surface area contributed by atoms with Gasteiger partial charge in [-0.25, -0.2) is 9.13 Å². The molecule has 2 rings (SSSR count). The molecule has 0 aliphatic rings. The van der Waals surface area contributed by atoms with Gasteiger partial charge < -0.3 is 52.9 Å². The van der Waals surface area contributed by atoms with Crippen LogP contribution in [0.4, 0.5) is 5.69 Å². The largest absolute Gasteiger partial charge is 1.00 e. The van der Waals surface area contributed by atoms with Crippen molar-refractivity contribution in [1.29, 1.82) is 0 Å². The minimum Gasteiger partial charge on any atom is -1.00 e. The summed E-state index contributed by atoms with van der Waals surface area (Å²) in [6.07, 6.45) is 23.9. The second-order valence-corrected chi connectivity index (χ2v) is 9.02. The van der Waals surface area contributed by atoms with Crippen molar-refractivity contribution in [2.24, 2.45) is 0 Å². The number of anilines is 1. The van der Waals surface area contributed by atoms with Crippen LogP contribution in [0.15, 0.2) is 49.1 Å². The molecule has 2 aromatic rings. The molecule has 0 bridgehead atoms. The minimum absolute atomic E-state index is 0. The van der Waals surface area contributed by atoms with Gasteiger partial charge in [0.05, 0.1) is 11.3 Å². The van der Waals surface area contributed by atoms with Crippen molar-refractivity contribution in [3.05, 3.63) is 54.6 Å². The number of halogens is 2. The molecule has 0 aliphatic carbocycles. The molecular formula is C28H45I2N3O. The second-order valence-electron chi connectivity index (χ2n) is 9.02. The first-order valence-corrected chi connectivity index (χ1v) is 12.9. The van der Waals surface area contributed by atoms with Crippen LogP contribution in [0, 0.1) is 0 Å². The van der Waals surface area contributed by atoms with E-state index in [4.69, 9.17) is 0 Å². The maximum atomic E-state index is 12.9. The number of pyridine rings is 2. The number of unbranched alkanes of at least 4 members (excludes halogenated alkanes) is 10. The van der Waals surface area contributed by atoms with Crippen LogP contribution < -0.4 is 62.0 Å². The second kappa shape index (κ2) is 20.4. The highest BCUT2D eigenvalue weighted by atomic mass is 127. The quantitative estimate of drug-likeness (QED) is 0.141. The fourth-order valence-electron chi connectivity index (χ4n) is 4.03. The Bertz CT molecular complexity index is 766. The minimum atomic E-state index is 0. The number of carbonyl (C=O) groups is 1. The lowest BCUT2D eigenvalue weighted by molar-refractivity contribution is -0.697. The topological polar surface area (TPSA) is 28.1 Å². The van der Waals surface area contributed by atoms with Crippen LogP contribution in [0.25, 0.3) is 0 Å². The molecule has 2 aromatic heterocycles. The van der Waals surface area contributed by atoms with E-state index in [1.807, 2.05) is 43.7 Å². The first kappa shape index (κ1) is 33.2. The lowest BCUT2D eigenvalue weighted by Gasteiger charge is -2.16. The molecule has 0 aliphatic heterocycles. The van der Waals surface area contributed by atoms with Crippen molar-refractivity contribution in [3.8, 4) is 0 Å². The van der Waals surface area contributed by atoms with Crippen LogP contribution in [0.2, 0.25) is 0 Å². The fourth-order valence-corrected chi connectivity index (χ4v) is 4.03. The van der Waals surface area contributed by atoms with Gasteiger partial charge in [-0.15, -0.1) is 0 Å². The lowest BCUT2D eigenvalue weighted by atomic mass is 10.1. The summed E-state index contributed by atoms with van der Waals surface area (Å²) in [4.78, 5) is 14.6. The Morgan fingerprint density at radius 1 is 0.647 bits per heavy atom. The van der Waals surface area contributed by atoms with E-state index < -0.39 is 0 Å². The standard InChI is InChI=1S/C28H45N3O.2HI/c1-4-6-8-10-12-14-20-30-22-16-26(17-23-30)28(32)29(3)27-18-24-31(25-19-27)21-15-13-11-9-7-5-2;;/h16-19,22-25H,4-15,20-21H2,1-3H3;2*1H/q+2;;/p-2. The Kier molecular flexibility index (Phi) is 20.0. The molecule has 4 nitrogen and oxygen atoms in total. The third-order valence-corrected chi connectivity index (χ3v) is 6.24. The number of aromatic nitrogens is 2. The summed E-state index contributed by atoms with van der Waals surface area (Å²) in [6.45, 7) is 6.57. The predicted octanol–water partition coefficient (Wildman–Crippen LogP) is 0.267. The summed E-state index contributed by atoms with van der Waals surface area (Å²) in [5.41, 5.74) is 1.66. The smallest absolute Gasteiger partial charge is 0.258 e. The monoisotopic (exact) mass is 693 g/mol.